The third kappa shape index (κ3) is 3.82. The Hall–Kier alpha value is -3.46. The van der Waals surface area contributed by atoms with Crippen LogP contribution in [0.15, 0.2) is 42.7 Å². The van der Waals surface area contributed by atoms with Gasteiger partial charge in [0.05, 0.1) is 25.0 Å². The molecule has 3 aromatic rings. The van der Waals surface area contributed by atoms with Crippen molar-refractivity contribution in [2.24, 2.45) is 0 Å². The first-order chi connectivity index (χ1) is 16.0. The Morgan fingerprint density at radius 2 is 2.03 bits per heavy atom. The van der Waals surface area contributed by atoms with Crippen molar-refractivity contribution in [1.29, 1.82) is 0 Å². The highest BCUT2D eigenvalue weighted by Crippen LogP contribution is 2.45. The van der Waals surface area contributed by atoms with Gasteiger partial charge in [-0.15, -0.1) is 0 Å². The lowest BCUT2D eigenvalue weighted by Crippen LogP contribution is -2.43. The Morgan fingerprint density at radius 3 is 2.73 bits per heavy atom. The van der Waals surface area contributed by atoms with Crippen molar-refractivity contribution in [3.05, 3.63) is 59.9 Å². The number of fused-ring (bicyclic) bond motifs is 1. The van der Waals surface area contributed by atoms with E-state index in [1.807, 2.05) is 29.9 Å². The van der Waals surface area contributed by atoms with Crippen LogP contribution in [0, 0.1) is 11.6 Å². The summed E-state index contributed by atoms with van der Waals surface area (Å²) < 4.78 is 41.0. The van der Waals surface area contributed by atoms with Crippen molar-refractivity contribution in [2.75, 3.05) is 25.1 Å². The third-order valence-corrected chi connectivity index (χ3v) is 6.27. The smallest absolute Gasteiger partial charge is 0.414 e. The number of nitrogens with one attached hydrogen (secondary N) is 1. The van der Waals surface area contributed by atoms with Gasteiger partial charge in [0.2, 0.25) is 0 Å². The molecule has 1 aromatic heterocycles. The molecule has 1 N–H and O–H groups in total. The number of amides is 1. The first kappa shape index (κ1) is 21.4. The average Bonchev–Trinajstić information content (AvgIpc) is 3.23. The molecule has 1 amide bonds. The zero-order valence-corrected chi connectivity index (χ0v) is 18.3. The molecule has 7 nitrogen and oxygen atoms in total. The van der Waals surface area contributed by atoms with Gasteiger partial charge in [-0.05, 0) is 44.0 Å². The number of methoxy groups -OCH3 is 1. The molecule has 2 aliphatic rings. The Bertz CT molecular complexity index is 1210. The lowest BCUT2D eigenvalue weighted by atomic mass is 9.92. The molecular formula is C24H24F2N4O3. The Kier molecular flexibility index (Phi) is 5.49. The van der Waals surface area contributed by atoms with E-state index in [0.717, 1.165) is 41.9 Å². The van der Waals surface area contributed by atoms with Crippen molar-refractivity contribution < 1.29 is 23.0 Å². The summed E-state index contributed by atoms with van der Waals surface area (Å²) in [5, 5.41) is 7.71. The highest BCUT2D eigenvalue weighted by atomic mass is 19.1. The number of carbonyl (C=O) groups excluding carboxylic acids is 1. The molecule has 1 unspecified atom stereocenters. The minimum absolute atomic E-state index is 0.0694. The van der Waals surface area contributed by atoms with Crippen LogP contribution in [0.25, 0.3) is 11.1 Å². The normalized spacial score (nSPS) is 17.9. The van der Waals surface area contributed by atoms with Gasteiger partial charge in [-0.2, -0.15) is 5.10 Å². The Morgan fingerprint density at radius 1 is 1.21 bits per heavy atom. The fourth-order valence-electron chi connectivity index (χ4n) is 4.33. The van der Waals surface area contributed by atoms with Crippen molar-refractivity contribution >= 4 is 11.8 Å². The number of hydrogen-bond donors (Lipinski definition) is 1. The number of rotatable bonds is 4. The van der Waals surface area contributed by atoms with Gasteiger partial charge in [0, 0.05) is 48.1 Å². The molecule has 2 aliphatic heterocycles. The van der Waals surface area contributed by atoms with Crippen LogP contribution >= 0.6 is 0 Å². The maximum Gasteiger partial charge on any atom is 0.414 e. The number of ether oxygens (including phenoxy) is 2. The molecule has 0 bridgehead atoms. The van der Waals surface area contributed by atoms with Gasteiger partial charge < -0.3 is 14.8 Å². The third-order valence-electron chi connectivity index (χ3n) is 6.27. The molecule has 1 atom stereocenters. The van der Waals surface area contributed by atoms with E-state index >= 15 is 0 Å². The monoisotopic (exact) mass is 454 g/mol. The molecular weight excluding hydrogens is 430 g/mol. The maximum atomic E-state index is 14.5. The molecule has 3 heterocycles. The molecule has 1 fully saturated rings. The SMILES string of the molecule is COC(=O)N1c2ccc(-c3cnn(C4CNC4)c3)c(Oc3ccc(F)cc3F)c2CCC1C. The van der Waals surface area contributed by atoms with Crippen molar-refractivity contribution in [2.45, 2.75) is 31.8 Å². The van der Waals surface area contributed by atoms with Crippen molar-refractivity contribution in [3.63, 3.8) is 0 Å². The first-order valence-corrected chi connectivity index (χ1v) is 10.9. The summed E-state index contributed by atoms with van der Waals surface area (Å²) >= 11 is 0. The van der Waals surface area contributed by atoms with Gasteiger partial charge in [-0.1, -0.05) is 0 Å². The van der Waals surface area contributed by atoms with Crippen LogP contribution < -0.4 is 15.0 Å². The average molecular weight is 454 g/mol. The van der Waals surface area contributed by atoms with E-state index in [4.69, 9.17) is 9.47 Å². The Labute approximate surface area is 189 Å². The van der Waals surface area contributed by atoms with E-state index in [-0.39, 0.29) is 17.8 Å². The molecule has 5 rings (SSSR count). The first-order valence-electron chi connectivity index (χ1n) is 10.9. The van der Waals surface area contributed by atoms with Gasteiger partial charge in [0.25, 0.3) is 0 Å². The van der Waals surface area contributed by atoms with Crippen LogP contribution in [-0.4, -0.2) is 42.1 Å². The van der Waals surface area contributed by atoms with E-state index < -0.39 is 17.7 Å². The largest absolute Gasteiger partial charge is 0.453 e. The summed E-state index contributed by atoms with van der Waals surface area (Å²) in [5.74, 6) is -1.16. The van der Waals surface area contributed by atoms with Gasteiger partial charge >= 0.3 is 6.09 Å². The summed E-state index contributed by atoms with van der Waals surface area (Å²) in [6, 6.07) is 7.11. The Balaban J connectivity index is 1.64. The number of halogens is 2. The quantitative estimate of drug-likeness (QED) is 0.621. The summed E-state index contributed by atoms with van der Waals surface area (Å²) in [6.07, 6.45) is 4.51. The van der Waals surface area contributed by atoms with E-state index in [9.17, 15) is 13.6 Å². The van der Waals surface area contributed by atoms with E-state index in [1.54, 1.807) is 11.1 Å². The molecule has 9 heteroatoms. The molecule has 0 radical (unpaired) electrons. The minimum Gasteiger partial charge on any atom is -0.453 e. The molecule has 0 saturated carbocycles. The van der Waals surface area contributed by atoms with Gasteiger partial charge in [-0.25, -0.2) is 13.6 Å². The standard InChI is InChI=1S/C24H24F2N4O3/c1-14-3-5-19-21(30(14)24(31)32-2)7-6-18(15-10-28-29(13-15)17-11-27-12-17)23(19)33-22-8-4-16(25)9-20(22)26/h4,6-10,13-14,17,27H,3,5,11-12H2,1-2H3. The van der Waals surface area contributed by atoms with E-state index in [2.05, 4.69) is 10.4 Å². The molecule has 2 aromatic carbocycles. The lowest BCUT2D eigenvalue weighted by molar-refractivity contribution is 0.175. The summed E-state index contributed by atoms with van der Waals surface area (Å²) in [4.78, 5) is 14.1. The predicted octanol–water partition coefficient (Wildman–Crippen LogP) is 4.67. The van der Waals surface area contributed by atoms with Crippen LogP contribution in [0.3, 0.4) is 0 Å². The van der Waals surface area contributed by atoms with Crippen molar-refractivity contribution in [1.82, 2.24) is 15.1 Å². The predicted molar refractivity (Wildman–Crippen MR) is 119 cm³/mol. The fraction of sp³-hybridized carbons (Fsp3) is 0.333. The molecule has 1 saturated heterocycles. The van der Waals surface area contributed by atoms with Crippen molar-refractivity contribution in [3.8, 4) is 22.6 Å². The van der Waals surface area contributed by atoms with Crippen LogP contribution in [0.5, 0.6) is 11.5 Å². The molecule has 0 spiro atoms. The van der Waals surface area contributed by atoms with Crippen LogP contribution in [-0.2, 0) is 11.2 Å². The highest BCUT2D eigenvalue weighted by Gasteiger charge is 2.33. The number of anilines is 1. The topological polar surface area (TPSA) is 68.6 Å². The number of benzene rings is 2. The van der Waals surface area contributed by atoms with Gasteiger partial charge in [0.15, 0.2) is 11.6 Å². The highest BCUT2D eigenvalue weighted by molar-refractivity contribution is 5.92. The summed E-state index contributed by atoms with van der Waals surface area (Å²) in [5.41, 5.74) is 2.94. The fourth-order valence-corrected chi connectivity index (χ4v) is 4.33. The summed E-state index contributed by atoms with van der Waals surface area (Å²) in [6.45, 7) is 3.65. The second-order valence-electron chi connectivity index (χ2n) is 8.37. The van der Waals surface area contributed by atoms with E-state index in [0.29, 0.717) is 24.3 Å². The number of nitrogens with zero attached hydrogens (tertiary/aromatic N) is 3. The van der Waals surface area contributed by atoms with Crippen LogP contribution in [0.1, 0.15) is 24.9 Å². The van der Waals surface area contributed by atoms with Gasteiger partial charge in [-0.3, -0.25) is 9.58 Å². The molecule has 172 valence electrons. The van der Waals surface area contributed by atoms with Crippen LogP contribution in [0.4, 0.5) is 19.3 Å². The van der Waals surface area contributed by atoms with Crippen LogP contribution in [0.2, 0.25) is 0 Å². The maximum absolute atomic E-state index is 14.5. The second-order valence-corrected chi connectivity index (χ2v) is 8.37. The minimum atomic E-state index is -0.802. The zero-order valence-electron chi connectivity index (χ0n) is 18.3. The number of aromatic nitrogens is 2. The lowest BCUT2D eigenvalue weighted by Gasteiger charge is -2.35. The molecule has 0 aliphatic carbocycles. The number of carbonyl (C=O) groups is 1. The van der Waals surface area contributed by atoms with E-state index in [1.165, 1.54) is 13.2 Å². The number of hydrogen-bond acceptors (Lipinski definition) is 5. The second kappa shape index (κ2) is 8.47. The molecule has 33 heavy (non-hydrogen) atoms. The summed E-state index contributed by atoms with van der Waals surface area (Å²) in [7, 11) is 1.34. The zero-order chi connectivity index (χ0) is 23.1. The van der Waals surface area contributed by atoms with Gasteiger partial charge in [0.1, 0.15) is 11.6 Å².